The number of rotatable bonds is 5. The molecular weight excluding hydrogens is 254 g/mol. The molecule has 5 heteroatoms. The molecule has 1 N–H and O–H groups in total. The lowest BCUT2D eigenvalue weighted by Crippen LogP contribution is -2.27. The molecule has 0 saturated carbocycles. The highest BCUT2D eigenvalue weighted by Gasteiger charge is 2.17. The van der Waals surface area contributed by atoms with Crippen molar-refractivity contribution in [3.63, 3.8) is 0 Å². The minimum absolute atomic E-state index is 0. The van der Waals surface area contributed by atoms with E-state index >= 15 is 0 Å². The van der Waals surface area contributed by atoms with Crippen LogP contribution in [-0.4, -0.2) is 37.1 Å². The third kappa shape index (κ3) is 5.82. The lowest BCUT2D eigenvalue weighted by molar-refractivity contribution is 0.327. The highest BCUT2D eigenvalue weighted by Crippen LogP contribution is 2.24. The van der Waals surface area contributed by atoms with Crippen LogP contribution in [0.3, 0.4) is 0 Å². The topological polar surface area (TPSA) is 28.2 Å². The first kappa shape index (κ1) is 16.8. The Balaban J connectivity index is 0.00000256. The maximum Gasteiger partial charge on any atom is 0.107 e. The molecule has 100 valence electrons. The molecule has 1 aromatic rings. The van der Waals surface area contributed by atoms with Crippen molar-refractivity contribution in [3.05, 3.63) is 16.1 Å². The molecule has 1 rings (SSSR count). The second-order valence-corrected chi connectivity index (χ2v) is 6.16. The summed E-state index contributed by atoms with van der Waals surface area (Å²) < 4.78 is 0. The van der Waals surface area contributed by atoms with Crippen LogP contribution < -0.4 is 5.32 Å². The highest BCUT2D eigenvalue weighted by atomic mass is 35.5. The number of thiazole rings is 1. The van der Waals surface area contributed by atoms with Gasteiger partial charge in [0.1, 0.15) is 5.01 Å². The molecule has 0 aliphatic heterocycles. The van der Waals surface area contributed by atoms with Gasteiger partial charge in [-0.2, -0.15) is 0 Å². The van der Waals surface area contributed by atoms with Gasteiger partial charge in [-0.05, 0) is 14.1 Å². The molecule has 0 fully saturated rings. The lowest BCUT2D eigenvalue weighted by Gasteiger charge is -2.16. The van der Waals surface area contributed by atoms with Crippen molar-refractivity contribution in [2.75, 3.05) is 27.2 Å². The van der Waals surface area contributed by atoms with Crippen LogP contribution in [0, 0.1) is 0 Å². The first-order valence-electron chi connectivity index (χ1n) is 5.71. The Kier molecular flexibility index (Phi) is 7.24. The molecule has 0 radical (unpaired) electrons. The molecular formula is C12H24ClN3S. The van der Waals surface area contributed by atoms with Crippen LogP contribution in [0.25, 0.3) is 0 Å². The van der Waals surface area contributed by atoms with E-state index in [0.29, 0.717) is 0 Å². The zero-order valence-electron chi connectivity index (χ0n) is 11.4. The van der Waals surface area contributed by atoms with E-state index in [0.717, 1.165) is 19.6 Å². The van der Waals surface area contributed by atoms with Gasteiger partial charge in [0.05, 0.1) is 12.2 Å². The van der Waals surface area contributed by atoms with Gasteiger partial charge in [0, 0.05) is 23.9 Å². The van der Waals surface area contributed by atoms with Gasteiger partial charge in [0.2, 0.25) is 0 Å². The Morgan fingerprint density at radius 2 is 2.06 bits per heavy atom. The summed E-state index contributed by atoms with van der Waals surface area (Å²) in [7, 11) is 4.12. The van der Waals surface area contributed by atoms with E-state index in [1.54, 1.807) is 11.3 Å². The minimum atomic E-state index is 0. The third-order valence-electron chi connectivity index (χ3n) is 2.47. The second-order valence-electron chi connectivity index (χ2n) is 5.22. The molecule has 0 aliphatic rings. The van der Waals surface area contributed by atoms with Crippen LogP contribution in [-0.2, 0) is 12.0 Å². The zero-order valence-corrected chi connectivity index (χ0v) is 13.0. The van der Waals surface area contributed by atoms with Crippen molar-refractivity contribution in [2.45, 2.75) is 32.7 Å². The van der Waals surface area contributed by atoms with Crippen molar-refractivity contribution in [2.24, 2.45) is 0 Å². The van der Waals surface area contributed by atoms with Crippen LogP contribution in [0.2, 0.25) is 0 Å². The van der Waals surface area contributed by atoms with Crippen molar-refractivity contribution in [3.8, 4) is 0 Å². The Bertz CT molecular complexity index is 320. The molecule has 0 unspecified atom stereocenters. The first-order chi connectivity index (χ1) is 7.43. The van der Waals surface area contributed by atoms with Crippen LogP contribution in [0.1, 0.15) is 31.5 Å². The molecule has 0 spiro atoms. The fourth-order valence-corrected chi connectivity index (χ4v) is 2.44. The summed E-state index contributed by atoms with van der Waals surface area (Å²) in [6.07, 6.45) is 0. The van der Waals surface area contributed by atoms with E-state index < -0.39 is 0 Å². The third-order valence-corrected chi connectivity index (χ3v) is 3.30. The number of aromatic nitrogens is 1. The number of nitrogens with one attached hydrogen (secondary N) is 1. The second kappa shape index (κ2) is 7.31. The summed E-state index contributed by atoms with van der Waals surface area (Å²) >= 11 is 1.77. The normalized spacial score (nSPS) is 11.6. The molecule has 1 heterocycles. The standard InChI is InChI=1S/C12H23N3S.ClH/c1-12(2,3)10-9-16-11(14-10)8-15(5)7-6-13-4;/h9,13H,6-8H2,1-5H3;1H. The molecule has 0 aliphatic carbocycles. The lowest BCUT2D eigenvalue weighted by atomic mass is 9.93. The fourth-order valence-electron chi connectivity index (χ4n) is 1.34. The van der Waals surface area contributed by atoms with Gasteiger partial charge in [0.15, 0.2) is 0 Å². The molecule has 0 amide bonds. The molecule has 0 aromatic carbocycles. The molecule has 0 bridgehead atoms. The summed E-state index contributed by atoms with van der Waals surface area (Å²) in [5.41, 5.74) is 1.37. The molecule has 0 atom stereocenters. The van der Waals surface area contributed by atoms with Crippen LogP contribution in [0.15, 0.2) is 5.38 Å². The van der Waals surface area contributed by atoms with Crippen molar-refractivity contribution >= 4 is 23.7 Å². The van der Waals surface area contributed by atoms with Gasteiger partial charge in [-0.3, -0.25) is 4.90 Å². The van der Waals surface area contributed by atoms with Crippen molar-refractivity contribution in [1.82, 2.24) is 15.2 Å². The summed E-state index contributed by atoms with van der Waals surface area (Å²) in [5.74, 6) is 0. The van der Waals surface area contributed by atoms with Crippen molar-refractivity contribution in [1.29, 1.82) is 0 Å². The van der Waals surface area contributed by atoms with E-state index in [-0.39, 0.29) is 17.8 Å². The van der Waals surface area contributed by atoms with Gasteiger partial charge in [-0.1, -0.05) is 20.8 Å². The van der Waals surface area contributed by atoms with E-state index in [9.17, 15) is 0 Å². The largest absolute Gasteiger partial charge is 0.318 e. The summed E-state index contributed by atoms with van der Waals surface area (Å²) in [5, 5.41) is 6.55. The predicted octanol–water partition coefficient (Wildman–Crippen LogP) is 2.51. The maximum atomic E-state index is 4.69. The predicted molar refractivity (Wildman–Crippen MR) is 78.3 cm³/mol. The molecule has 17 heavy (non-hydrogen) atoms. The number of halogens is 1. The highest BCUT2D eigenvalue weighted by molar-refractivity contribution is 7.09. The Labute approximate surface area is 115 Å². The summed E-state index contributed by atoms with van der Waals surface area (Å²) in [6.45, 7) is 9.64. The monoisotopic (exact) mass is 277 g/mol. The SMILES string of the molecule is CNCCN(C)Cc1nc(C(C)(C)C)cs1.Cl. The summed E-state index contributed by atoms with van der Waals surface area (Å²) in [6, 6.07) is 0. The molecule has 3 nitrogen and oxygen atoms in total. The summed E-state index contributed by atoms with van der Waals surface area (Å²) in [4.78, 5) is 6.98. The van der Waals surface area contributed by atoms with Gasteiger partial charge >= 0.3 is 0 Å². The molecule has 1 aromatic heterocycles. The van der Waals surface area contributed by atoms with E-state index in [2.05, 4.69) is 48.4 Å². The van der Waals surface area contributed by atoms with Crippen LogP contribution in [0.5, 0.6) is 0 Å². The number of nitrogens with zero attached hydrogens (tertiary/aromatic N) is 2. The van der Waals surface area contributed by atoms with Crippen LogP contribution >= 0.6 is 23.7 Å². The Morgan fingerprint density at radius 3 is 2.53 bits per heavy atom. The van der Waals surface area contributed by atoms with E-state index in [1.807, 2.05) is 7.05 Å². The fraction of sp³-hybridized carbons (Fsp3) is 0.750. The Morgan fingerprint density at radius 1 is 1.41 bits per heavy atom. The molecule has 0 saturated heterocycles. The number of hydrogen-bond acceptors (Lipinski definition) is 4. The first-order valence-corrected chi connectivity index (χ1v) is 6.59. The van der Waals surface area contributed by atoms with Crippen molar-refractivity contribution < 1.29 is 0 Å². The zero-order chi connectivity index (χ0) is 12.2. The average molecular weight is 278 g/mol. The Hall–Kier alpha value is -0.160. The number of likely N-dealkylation sites (N-methyl/N-ethyl adjacent to an activating group) is 2. The van der Waals surface area contributed by atoms with E-state index in [4.69, 9.17) is 0 Å². The van der Waals surface area contributed by atoms with E-state index in [1.165, 1.54) is 10.7 Å². The quantitative estimate of drug-likeness (QED) is 0.896. The smallest absolute Gasteiger partial charge is 0.107 e. The van der Waals surface area contributed by atoms with Gasteiger partial charge in [0.25, 0.3) is 0 Å². The minimum Gasteiger partial charge on any atom is -0.318 e. The number of hydrogen-bond donors (Lipinski definition) is 1. The maximum absolute atomic E-state index is 4.69. The average Bonchev–Trinajstić information content (AvgIpc) is 2.62. The van der Waals surface area contributed by atoms with Gasteiger partial charge in [-0.15, -0.1) is 23.7 Å². The van der Waals surface area contributed by atoms with Crippen LogP contribution in [0.4, 0.5) is 0 Å². The van der Waals surface area contributed by atoms with Gasteiger partial charge in [-0.25, -0.2) is 4.98 Å². The van der Waals surface area contributed by atoms with Gasteiger partial charge < -0.3 is 5.32 Å².